The first-order valence-corrected chi connectivity index (χ1v) is 10.5. The van der Waals surface area contributed by atoms with E-state index in [0.29, 0.717) is 37.0 Å². The highest BCUT2D eigenvalue weighted by molar-refractivity contribution is 5.91. The third kappa shape index (κ3) is 4.94. The Hall–Kier alpha value is -2.99. The van der Waals surface area contributed by atoms with Crippen LogP contribution in [0.25, 0.3) is 6.08 Å². The first kappa shape index (κ1) is 20.3. The molecule has 0 unspecified atom stereocenters. The van der Waals surface area contributed by atoms with Gasteiger partial charge in [0, 0.05) is 19.2 Å². The van der Waals surface area contributed by atoms with Crippen LogP contribution in [0.1, 0.15) is 29.5 Å². The number of methoxy groups -OCH3 is 1. The Morgan fingerprint density at radius 3 is 2.70 bits per heavy atom. The lowest BCUT2D eigenvalue weighted by Crippen LogP contribution is -2.23. The van der Waals surface area contributed by atoms with Gasteiger partial charge >= 0.3 is 0 Å². The highest BCUT2D eigenvalue weighted by Gasteiger charge is 2.18. The molecule has 0 aliphatic carbocycles. The average molecular weight is 408 g/mol. The van der Waals surface area contributed by atoms with Crippen molar-refractivity contribution in [3.63, 3.8) is 0 Å². The van der Waals surface area contributed by atoms with Crippen molar-refractivity contribution < 1.29 is 19.0 Å². The number of likely N-dealkylation sites (tertiary alicyclic amines) is 1. The summed E-state index contributed by atoms with van der Waals surface area (Å²) in [6, 6.07) is 12.0. The SMILES string of the molecule is COc1cc(/C=C/C(=O)NCc2ccccc2CN2CCCC2)cc2c1OCCO2. The fraction of sp³-hybridized carbons (Fsp3) is 0.375. The van der Waals surface area contributed by atoms with Crippen LogP contribution >= 0.6 is 0 Å². The zero-order valence-corrected chi connectivity index (χ0v) is 17.4. The van der Waals surface area contributed by atoms with Crippen LogP contribution < -0.4 is 19.5 Å². The number of amides is 1. The molecule has 1 saturated heterocycles. The Balaban J connectivity index is 1.38. The summed E-state index contributed by atoms with van der Waals surface area (Å²) in [7, 11) is 1.59. The highest BCUT2D eigenvalue weighted by atomic mass is 16.6. The van der Waals surface area contributed by atoms with Gasteiger partial charge in [-0.05, 0) is 60.8 Å². The zero-order valence-electron chi connectivity index (χ0n) is 17.4. The lowest BCUT2D eigenvalue weighted by atomic mass is 10.1. The summed E-state index contributed by atoms with van der Waals surface area (Å²) in [5.74, 6) is 1.71. The number of rotatable bonds is 7. The summed E-state index contributed by atoms with van der Waals surface area (Å²) in [6.45, 7) is 4.77. The molecule has 1 fully saturated rings. The van der Waals surface area contributed by atoms with Gasteiger partial charge in [0.05, 0.1) is 7.11 Å². The number of benzene rings is 2. The van der Waals surface area contributed by atoms with Crippen molar-refractivity contribution in [3.8, 4) is 17.2 Å². The Morgan fingerprint density at radius 1 is 1.13 bits per heavy atom. The molecule has 158 valence electrons. The quantitative estimate of drug-likeness (QED) is 0.712. The van der Waals surface area contributed by atoms with Gasteiger partial charge in [0.15, 0.2) is 11.5 Å². The third-order valence-electron chi connectivity index (χ3n) is 5.44. The van der Waals surface area contributed by atoms with Crippen molar-refractivity contribution in [2.24, 2.45) is 0 Å². The van der Waals surface area contributed by atoms with Crippen LogP contribution in [0.5, 0.6) is 17.2 Å². The molecule has 2 aliphatic heterocycles. The van der Waals surface area contributed by atoms with Gasteiger partial charge < -0.3 is 19.5 Å². The molecule has 0 radical (unpaired) electrons. The maximum Gasteiger partial charge on any atom is 0.244 e. The lowest BCUT2D eigenvalue weighted by molar-refractivity contribution is -0.116. The molecule has 0 aromatic heterocycles. The molecular weight excluding hydrogens is 380 g/mol. The van der Waals surface area contributed by atoms with Gasteiger partial charge in [-0.3, -0.25) is 9.69 Å². The largest absolute Gasteiger partial charge is 0.493 e. The Kier molecular flexibility index (Phi) is 6.54. The van der Waals surface area contributed by atoms with Crippen LogP contribution in [0.3, 0.4) is 0 Å². The number of carbonyl (C=O) groups excluding carboxylic acids is 1. The summed E-state index contributed by atoms with van der Waals surface area (Å²) in [5, 5.41) is 2.99. The minimum Gasteiger partial charge on any atom is -0.493 e. The second-order valence-corrected chi connectivity index (χ2v) is 7.55. The van der Waals surface area contributed by atoms with Gasteiger partial charge in [-0.25, -0.2) is 0 Å². The Morgan fingerprint density at radius 2 is 1.90 bits per heavy atom. The number of hydrogen-bond donors (Lipinski definition) is 1. The second-order valence-electron chi connectivity index (χ2n) is 7.55. The van der Waals surface area contributed by atoms with Gasteiger partial charge in [-0.1, -0.05) is 24.3 Å². The van der Waals surface area contributed by atoms with E-state index in [4.69, 9.17) is 14.2 Å². The molecule has 0 atom stereocenters. The summed E-state index contributed by atoms with van der Waals surface area (Å²) in [4.78, 5) is 14.9. The van der Waals surface area contributed by atoms with Crippen LogP contribution in [-0.2, 0) is 17.9 Å². The summed E-state index contributed by atoms with van der Waals surface area (Å²) in [5.41, 5.74) is 3.26. The van der Waals surface area contributed by atoms with Crippen molar-refractivity contribution >= 4 is 12.0 Å². The van der Waals surface area contributed by atoms with Crippen LogP contribution in [0, 0.1) is 0 Å². The van der Waals surface area contributed by atoms with E-state index >= 15 is 0 Å². The molecule has 0 saturated carbocycles. The van der Waals surface area contributed by atoms with Crippen molar-refractivity contribution in [1.82, 2.24) is 10.2 Å². The minimum absolute atomic E-state index is 0.139. The number of nitrogens with one attached hydrogen (secondary N) is 1. The van der Waals surface area contributed by atoms with E-state index in [1.165, 1.54) is 24.5 Å². The van der Waals surface area contributed by atoms with Gasteiger partial charge in [-0.2, -0.15) is 0 Å². The van der Waals surface area contributed by atoms with Crippen molar-refractivity contribution in [3.05, 3.63) is 59.2 Å². The molecule has 6 nitrogen and oxygen atoms in total. The number of ether oxygens (including phenoxy) is 3. The maximum absolute atomic E-state index is 12.4. The van der Waals surface area contributed by atoms with Gasteiger partial charge in [0.1, 0.15) is 13.2 Å². The molecule has 4 rings (SSSR count). The Bertz CT molecular complexity index is 902. The normalized spacial score (nSPS) is 16.0. The molecular formula is C24H28N2O4. The second kappa shape index (κ2) is 9.67. The fourth-order valence-corrected chi connectivity index (χ4v) is 3.87. The molecule has 1 amide bonds. The van der Waals surface area contributed by atoms with Crippen LogP contribution in [0.2, 0.25) is 0 Å². The molecule has 0 bridgehead atoms. The van der Waals surface area contributed by atoms with Crippen molar-refractivity contribution in [2.75, 3.05) is 33.4 Å². The maximum atomic E-state index is 12.4. The standard InChI is InChI=1S/C24H28N2O4/c1-28-21-14-18(15-22-24(21)30-13-12-29-22)8-9-23(27)25-16-19-6-2-3-7-20(19)17-26-10-4-5-11-26/h2-3,6-9,14-15H,4-5,10-13,16-17H2,1H3,(H,25,27)/b9-8+. The first-order valence-electron chi connectivity index (χ1n) is 10.5. The first-order chi connectivity index (χ1) is 14.7. The van der Waals surface area contributed by atoms with Gasteiger partial charge in [-0.15, -0.1) is 0 Å². The van der Waals surface area contributed by atoms with Crippen LogP contribution in [-0.4, -0.2) is 44.2 Å². The lowest BCUT2D eigenvalue weighted by Gasteiger charge is -2.20. The molecule has 2 heterocycles. The fourth-order valence-electron chi connectivity index (χ4n) is 3.87. The van der Waals surface area contributed by atoms with E-state index in [1.54, 1.807) is 13.2 Å². The van der Waals surface area contributed by atoms with Crippen molar-refractivity contribution in [1.29, 1.82) is 0 Å². The van der Waals surface area contributed by atoms with Crippen LogP contribution in [0.4, 0.5) is 0 Å². The predicted molar refractivity (Wildman–Crippen MR) is 116 cm³/mol. The summed E-state index contributed by atoms with van der Waals surface area (Å²) >= 11 is 0. The van der Waals surface area contributed by atoms with E-state index in [2.05, 4.69) is 28.4 Å². The molecule has 6 heteroatoms. The van der Waals surface area contributed by atoms with E-state index in [0.717, 1.165) is 30.8 Å². The van der Waals surface area contributed by atoms with Crippen LogP contribution in [0.15, 0.2) is 42.5 Å². The highest BCUT2D eigenvalue weighted by Crippen LogP contribution is 2.40. The number of carbonyl (C=O) groups is 1. The van der Waals surface area contributed by atoms with E-state index in [9.17, 15) is 4.79 Å². The molecule has 2 aliphatic rings. The Labute approximate surface area is 177 Å². The molecule has 2 aromatic carbocycles. The smallest absolute Gasteiger partial charge is 0.244 e. The minimum atomic E-state index is -0.139. The molecule has 30 heavy (non-hydrogen) atoms. The monoisotopic (exact) mass is 408 g/mol. The molecule has 0 spiro atoms. The summed E-state index contributed by atoms with van der Waals surface area (Å²) < 4.78 is 16.6. The van der Waals surface area contributed by atoms with E-state index in [1.807, 2.05) is 18.2 Å². The summed E-state index contributed by atoms with van der Waals surface area (Å²) in [6.07, 6.45) is 5.84. The topological polar surface area (TPSA) is 60.0 Å². The van der Waals surface area contributed by atoms with E-state index in [-0.39, 0.29) is 5.91 Å². The number of fused-ring (bicyclic) bond motifs is 1. The average Bonchev–Trinajstić information content (AvgIpc) is 3.29. The van der Waals surface area contributed by atoms with E-state index < -0.39 is 0 Å². The predicted octanol–water partition coefficient (Wildman–Crippen LogP) is 3.39. The zero-order chi connectivity index (χ0) is 20.8. The van der Waals surface area contributed by atoms with Gasteiger partial charge in [0.25, 0.3) is 0 Å². The van der Waals surface area contributed by atoms with Gasteiger partial charge in [0.2, 0.25) is 11.7 Å². The number of nitrogens with zero attached hydrogens (tertiary/aromatic N) is 1. The third-order valence-corrected chi connectivity index (χ3v) is 5.44. The molecule has 1 N–H and O–H groups in total. The number of hydrogen-bond acceptors (Lipinski definition) is 5. The van der Waals surface area contributed by atoms with Crippen molar-refractivity contribution in [2.45, 2.75) is 25.9 Å². The molecule has 2 aromatic rings.